The standard InChI is InChI=1S/C40H56N6O5/c1-29(2)46(33-17-7-4-8-18-33)38(48)27-44-26-32-21-22-34(25-35(32)41-39(44)42-40(49)51-28-30-13-5-3-6-14-30)50-24-12-20-37(47)43-45-23-11-16-31-15-9-10-19-36(31)45/h3,5-6,13-14,21-22,25,29,31,33,36H,4,7-12,15-20,23-24,26-28H2,1-2H3,(H,43,47)(H,41,42,49). The lowest BCUT2D eigenvalue weighted by Crippen LogP contribution is -2.55. The van der Waals surface area contributed by atoms with Gasteiger partial charge in [-0.2, -0.15) is 0 Å². The predicted molar refractivity (Wildman–Crippen MR) is 197 cm³/mol. The second-order valence-electron chi connectivity index (χ2n) is 14.9. The molecule has 0 spiro atoms. The smallest absolute Gasteiger partial charge is 0.414 e. The molecule has 11 heteroatoms. The number of ether oxygens (including phenoxy) is 2. The molecule has 0 aromatic heterocycles. The van der Waals surface area contributed by atoms with Gasteiger partial charge < -0.3 is 19.3 Å². The Morgan fingerprint density at radius 3 is 2.51 bits per heavy atom. The van der Waals surface area contributed by atoms with E-state index >= 15 is 0 Å². The van der Waals surface area contributed by atoms with E-state index in [1.165, 1.54) is 38.5 Å². The fourth-order valence-corrected chi connectivity index (χ4v) is 8.34. The number of benzene rings is 2. The Balaban J connectivity index is 1.07. The van der Waals surface area contributed by atoms with Crippen LogP contribution < -0.4 is 15.5 Å². The number of nitrogens with zero attached hydrogens (tertiary/aromatic N) is 4. The Morgan fingerprint density at radius 1 is 0.941 bits per heavy atom. The molecule has 2 heterocycles. The van der Waals surface area contributed by atoms with E-state index in [9.17, 15) is 14.4 Å². The highest BCUT2D eigenvalue weighted by Crippen LogP contribution is 2.35. The number of carbonyl (C=O) groups excluding carboxylic acids is 3. The molecule has 0 radical (unpaired) electrons. The summed E-state index contributed by atoms with van der Waals surface area (Å²) in [6, 6.07) is 16.0. The summed E-state index contributed by atoms with van der Waals surface area (Å²) in [5, 5.41) is 5.03. The van der Waals surface area contributed by atoms with Crippen LogP contribution in [-0.4, -0.2) is 76.5 Å². The zero-order chi connectivity index (χ0) is 35.6. The fourth-order valence-electron chi connectivity index (χ4n) is 8.34. The van der Waals surface area contributed by atoms with Crippen LogP contribution in [0.2, 0.25) is 0 Å². The molecule has 2 saturated carbocycles. The number of hydrogen-bond acceptors (Lipinski definition) is 8. The first kappa shape index (κ1) is 36.7. The lowest BCUT2D eigenvalue weighted by molar-refractivity contribution is -0.136. The second kappa shape index (κ2) is 17.9. The lowest BCUT2D eigenvalue weighted by atomic mass is 9.79. The molecule has 2 aliphatic heterocycles. The molecule has 2 atom stereocenters. The summed E-state index contributed by atoms with van der Waals surface area (Å²) in [5.41, 5.74) is 5.65. The van der Waals surface area contributed by atoms with Crippen molar-refractivity contribution in [1.29, 1.82) is 0 Å². The number of hydrazine groups is 1. The summed E-state index contributed by atoms with van der Waals surface area (Å²) >= 11 is 0. The maximum Gasteiger partial charge on any atom is 0.414 e. The van der Waals surface area contributed by atoms with Gasteiger partial charge in [-0.05, 0) is 81.9 Å². The molecule has 2 aliphatic carbocycles. The Morgan fingerprint density at radius 2 is 1.71 bits per heavy atom. The van der Waals surface area contributed by atoms with Crippen LogP contribution in [0.5, 0.6) is 5.75 Å². The van der Waals surface area contributed by atoms with Gasteiger partial charge in [0.25, 0.3) is 0 Å². The molecule has 2 N–H and O–H groups in total. The third-order valence-corrected chi connectivity index (χ3v) is 10.8. The number of hydrogen-bond donors (Lipinski definition) is 2. The van der Waals surface area contributed by atoms with E-state index in [4.69, 9.17) is 14.5 Å². The minimum Gasteiger partial charge on any atom is -0.494 e. The number of guanidine groups is 1. The lowest BCUT2D eigenvalue weighted by Gasteiger charge is -2.43. The van der Waals surface area contributed by atoms with Crippen LogP contribution in [0.4, 0.5) is 10.5 Å². The quantitative estimate of drug-likeness (QED) is 0.233. The summed E-state index contributed by atoms with van der Waals surface area (Å²) < 4.78 is 11.6. The van der Waals surface area contributed by atoms with E-state index in [2.05, 4.69) is 29.6 Å². The molecule has 51 heavy (non-hydrogen) atoms. The Kier molecular flexibility index (Phi) is 12.9. The molecule has 3 fully saturated rings. The van der Waals surface area contributed by atoms with Crippen LogP contribution in [0.25, 0.3) is 0 Å². The minimum atomic E-state index is -0.638. The van der Waals surface area contributed by atoms with Gasteiger partial charge in [0, 0.05) is 43.7 Å². The molecule has 1 saturated heterocycles. The van der Waals surface area contributed by atoms with Gasteiger partial charge in [-0.3, -0.25) is 20.3 Å². The van der Waals surface area contributed by atoms with E-state index in [-0.39, 0.29) is 43.0 Å². The summed E-state index contributed by atoms with van der Waals surface area (Å²) in [7, 11) is 0. The molecule has 11 nitrogen and oxygen atoms in total. The molecular weight excluding hydrogens is 644 g/mol. The number of alkyl carbamates (subject to hydrolysis) is 1. The van der Waals surface area contributed by atoms with Gasteiger partial charge in [-0.25, -0.2) is 14.8 Å². The first-order valence-corrected chi connectivity index (χ1v) is 19.3. The minimum absolute atomic E-state index is 0.0235. The molecule has 2 unspecified atom stereocenters. The topological polar surface area (TPSA) is 116 Å². The number of amides is 3. The van der Waals surface area contributed by atoms with Gasteiger partial charge in [-0.15, -0.1) is 0 Å². The van der Waals surface area contributed by atoms with Crippen molar-refractivity contribution >= 4 is 29.6 Å². The molecule has 2 aromatic carbocycles. The van der Waals surface area contributed by atoms with Gasteiger partial charge in [0.05, 0.1) is 12.3 Å². The van der Waals surface area contributed by atoms with E-state index in [1.807, 2.05) is 58.3 Å². The summed E-state index contributed by atoms with van der Waals surface area (Å²) in [5.74, 6) is 1.69. The normalized spacial score (nSPS) is 20.8. The SMILES string of the molecule is CC(C)N(C(=O)CN1Cc2ccc(OCCCC(=O)NN3CCCC4CCCCC43)cc2N=C1NC(=O)OCc1ccccc1)C1CCCCC1. The van der Waals surface area contributed by atoms with E-state index in [0.717, 1.165) is 49.8 Å². The highest BCUT2D eigenvalue weighted by atomic mass is 16.5. The monoisotopic (exact) mass is 700 g/mol. The van der Waals surface area contributed by atoms with E-state index < -0.39 is 6.09 Å². The molecule has 276 valence electrons. The summed E-state index contributed by atoms with van der Waals surface area (Å²) in [6.45, 7) is 6.07. The molecular formula is C40H56N6O5. The Labute approximate surface area is 303 Å². The van der Waals surface area contributed by atoms with Crippen molar-refractivity contribution in [3.05, 3.63) is 59.7 Å². The number of carbonyl (C=O) groups is 3. The second-order valence-corrected chi connectivity index (χ2v) is 14.9. The third kappa shape index (κ3) is 10.0. The van der Waals surface area contributed by atoms with Crippen molar-refractivity contribution in [2.24, 2.45) is 10.9 Å². The van der Waals surface area contributed by atoms with Gasteiger partial charge in [0.1, 0.15) is 18.9 Å². The molecule has 2 aromatic rings. The number of rotatable bonds is 12. The molecule has 6 rings (SSSR count). The largest absolute Gasteiger partial charge is 0.494 e. The molecule has 0 bridgehead atoms. The van der Waals surface area contributed by atoms with Crippen LogP contribution in [0.1, 0.15) is 108 Å². The average molecular weight is 701 g/mol. The highest BCUT2D eigenvalue weighted by Gasteiger charge is 2.34. The Hall–Kier alpha value is -4.12. The van der Waals surface area contributed by atoms with Gasteiger partial charge in [0.2, 0.25) is 17.8 Å². The predicted octanol–water partition coefficient (Wildman–Crippen LogP) is 6.83. The van der Waals surface area contributed by atoms with Crippen molar-refractivity contribution in [2.75, 3.05) is 19.7 Å². The van der Waals surface area contributed by atoms with Crippen LogP contribution in [0.15, 0.2) is 53.5 Å². The van der Waals surface area contributed by atoms with Crippen LogP contribution >= 0.6 is 0 Å². The van der Waals surface area contributed by atoms with Gasteiger partial charge >= 0.3 is 6.09 Å². The Bertz CT molecular complexity index is 1510. The third-order valence-electron chi connectivity index (χ3n) is 10.8. The van der Waals surface area contributed by atoms with Crippen LogP contribution in [-0.2, 0) is 27.5 Å². The van der Waals surface area contributed by atoms with Crippen molar-refractivity contribution < 1.29 is 23.9 Å². The van der Waals surface area contributed by atoms with Crippen molar-refractivity contribution in [3.8, 4) is 5.75 Å². The van der Waals surface area contributed by atoms with Gasteiger partial charge in [0.15, 0.2) is 0 Å². The molecule has 3 amide bonds. The fraction of sp³-hybridized carbons (Fsp3) is 0.600. The first-order valence-electron chi connectivity index (χ1n) is 19.3. The van der Waals surface area contributed by atoms with E-state index in [1.54, 1.807) is 0 Å². The van der Waals surface area contributed by atoms with Crippen molar-refractivity contribution in [2.45, 2.75) is 129 Å². The molecule has 4 aliphatic rings. The number of nitrogens with one attached hydrogen (secondary N) is 2. The van der Waals surface area contributed by atoms with Crippen molar-refractivity contribution in [3.63, 3.8) is 0 Å². The highest BCUT2D eigenvalue weighted by molar-refractivity contribution is 5.98. The first-order chi connectivity index (χ1) is 24.8. The summed E-state index contributed by atoms with van der Waals surface area (Å²) in [4.78, 5) is 48.4. The average Bonchev–Trinajstić information content (AvgIpc) is 3.14. The number of fused-ring (bicyclic) bond motifs is 2. The number of aliphatic imine (C=N–C) groups is 1. The van der Waals surface area contributed by atoms with E-state index in [0.29, 0.717) is 49.4 Å². The van der Waals surface area contributed by atoms with Crippen LogP contribution in [0.3, 0.4) is 0 Å². The van der Waals surface area contributed by atoms with Crippen LogP contribution in [0, 0.1) is 5.92 Å². The number of piperidine rings is 1. The maximum absolute atomic E-state index is 13.9. The summed E-state index contributed by atoms with van der Waals surface area (Å²) in [6.07, 6.45) is 13.3. The maximum atomic E-state index is 13.9. The van der Waals surface area contributed by atoms with Gasteiger partial charge in [-0.1, -0.05) is 68.5 Å². The zero-order valence-electron chi connectivity index (χ0n) is 30.5. The zero-order valence-corrected chi connectivity index (χ0v) is 30.5. The van der Waals surface area contributed by atoms with Crippen molar-refractivity contribution in [1.82, 2.24) is 25.6 Å².